The molecule has 1 saturated carbocycles. The molecule has 1 fully saturated rings. The lowest BCUT2D eigenvalue weighted by atomic mass is 9.91. The Bertz CT molecular complexity index is 824. The number of hydrogen-bond donors (Lipinski definition) is 2. The minimum absolute atomic E-state index is 0.0354. The van der Waals surface area contributed by atoms with E-state index in [0.717, 1.165) is 37.2 Å². The van der Waals surface area contributed by atoms with Crippen molar-refractivity contribution in [3.05, 3.63) is 57.5 Å². The van der Waals surface area contributed by atoms with Crippen LogP contribution in [-0.2, 0) is 0 Å². The molecule has 0 spiro atoms. The predicted octanol–water partition coefficient (Wildman–Crippen LogP) is 4.95. The molecule has 0 radical (unpaired) electrons. The third-order valence-electron chi connectivity index (χ3n) is 5.37. The summed E-state index contributed by atoms with van der Waals surface area (Å²) in [6, 6.07) is 6.61. The molecule has 0 unspecified atom stereocenters. The van der Waals surface area contributed by atoms with Gasteiger partial charge < -0.3 is 10.6 Å². The van der Waals surface area contributed by atoms with Crippen molar-refractivity contribution in [3.8, 4) is 0 Å². The first-order chi connectivity index (χ1) is 12.8. The van der Waals surface area contributed by atoms with Gasteiger partial charge in [0, 0.05) is 23.3 Å². The lowest BCUT2D eigenvalue weighted by molar-refractivity contribution is 0.0926. The smallest absolute Gasteiger partial charge is 0.251 e. The number of hydrogen-bond acceptors (Lipinski definition) is 3. The molecule has 3 rings (SSSR count). The highest BCUT2D eigenvalue weighted by atomic mass is 35.5. The molecule has 0 saturated heterocycles. The molecule has 6 heteroatoms. The minimum atomic E-state index is -0.519. The van der Waals surface area contributed by atoms with Crippen molar-refractivity contribution >= 4 is 23.3 Å². The molecule has 2 aromatic rings. The van der Waals surface area contributed by atoms with E-state index in [1.807, 2.05) is 6.92 Å². The molecule has 2 N–H and O–H groups in total. The van der Waals surface area contributed by atoms with E-state index in [4.69, 9.17) is 11.6 Å². The number of pyridine rings is 1. The summed E-state index contributed by atoms with van der Waals surface area (Å²) in [5.41, 5.74) is 3.91. The van der Waals surface area contributed by atoms with E-state index in [0.29, 0.717) is 11.6 Å². The van der Waals surface area contributed by atoms with E-state index in [-0.39, 0.29) is 17.0 Å². The molecule has 4 nitrogen and oxygen atoms in total. The van der Waals surface area contributed by atoms with Crippen molar-refractivity contribution in [2.24, 2.45) is 0 Å². The monoisotopic (exact) mass is 389 g/mol. The molecule has 1 heterocycles. The Kier molecular flexibility index (Phi) is 6.00. The third-order valence-corrected chi connectivity index (χ3v) is 5.66. The molecule has 27 heavy (non-hydrogen) atoms. The Balaban J connectivity index is 1.53. The van der Waals surface area contributed by atoms with E-state index in [9.17, 15) is 9.18 Å². The van der Waals surface area contributed by atoms with Crippen molar-refractivity contribution in [1.29, 1.82) is 0 Å². The van der Waals surface area contributed by atoms with E-state index < -0.39 is 5.82 Å². The summed E-state index contributed by atoms with van der Waals surface area (Å²) in [5.74, 6) is 0.193. The van der Waals surface area contributed by atoms with Crippen molar-refractivity contribution < 1.29 is 9.18 Å². The second-order valence-corrected chi connectivity index (χ2v) is 7.74. The van der Waals surface area contributed by atoms with Crippen LogP contribution >= 0.6 is 11.6 Å². The normalized spacial score (nSPS) is 19.6. The number of anilines is 1. The topological polar surface area (TPSA) is 54.0 Å². The number of halogens is 2. The Morgan fingerprint density at radius 1 is 1.11 bits per heavy atom. The first kappa shape index (κ1) is 19.6. The Morgan fingerprint density at radius 3 is 2.41 bits per heavy atom. The van der Waals surface area contributed by atoms with Gasteiger partial charge in [0.2, 0.25) is 0 Å². The molecule has 1 aliphatic carbocycles. The van der Waals surface area contributed by atoms with Gasteiger partial charge in [0.05, 0.1) is 5.02 Å². The van der Waals surface area contributed by atoms with E-state index in [1.54, 1.807) is 0 Å². The number of rotatable bonds is 4. The van der Waals surface area contributed by atoms with Crippen molar-refractivity contribution in [2.75, 3.05) is 5.32 Å². The highest BCUT2D eigenvalue weighted by Crippen LogP contribution is 2.24. The molecule has 0 atom stereocenters. The number of aromatic nitrogens is 1. The van der Waals surface area contributed by atoms with Gasteiger partial charge in [0.1, 0.15) is 11.6 Å². The molecule has 1 aliphatic rings. The first-order valence-electron chi connectivity index (χ1n) is 9.31. The second-order valence-electron chi connectivity index (χ2n) is 7.33. The Hall–Kier alpha value is -2.14. The number of carbonyl (C=O) groups is 1. The second kappa shape index (κ2) is 8.26. The zero-order chi connectivity index (χ0) is 19.6. The van der Waals surface area contributed by atoms with Crippen LogP contribution in [0.1, 0.15) is 52.9 Å². The van der Waals surface area contributed by atoms with E-state index in [1.165, 1.54) is 29.3 Å². The predicted molar refractivity (Wildman–Crippen MR) is 107 cm³/mol. The van der Waals surface area contributed by atoms with E-state index in [2.05, 4.69) is 35.5 Å². The molecular weight excluding hydrogens is 365 g/mol. The molecule has 144 valence electrons. The lowest BCUT2D eigenvalue weighted by Crippen LogP contribution is -2.40. The summed E-state index contributed by atoms with van der Waals surface area (Å²) < 4.78 is 13.2. The number of nitrogens with zero attached hydrogens (tertiary/aromatic N) is 1. The third kappa shape index (κ3) is 4.78. The Morgan fingerprint density at radius 2 is 1.78 bits per heavy atom. The quantitative estimate of drug-likeness (QED) is 0.777. The summed E-state index contributed by atoms with van der Waals surface area (Å²) in [6.45, 7) is 6.22. The minimum Gasteiger partial charge on any atom is -0.367 e. The van der Waals surface area contributed by atoms with Crippen LogP contribution < -0.4 is 10.6 Å². The van der Waals surface area contributed by atoms with Crippen LogP contribution in [0.15, 0.2) is 24.3 Å². The lowest BCUT2D eigenvalue weighted by Gasteiger charge is -2.30. The highest BCUT2D eigenvalue weighted by Gasteiger charge is 2.23. The fraction of sp³-hybridized carbons (Fsp3) is 0.429. The average Bonchev–Trinajstić information content (AvgIpc) is 2.63. The van der Waals surface area contributed by atoms with Crippen LogP contribution in [0.4, 0.5) is 10.2 Å². The van der Waals surface area contributed by atoms with Crippen LogP contribution in [0.5, 0.6) is 0 Å². The molecule has 1 aromatic heterocycles. The molecule has 0 aliphatic heterocycles. The van der Waals surface area contributed by atoms with Gasteiger partial charge in [-0.2, -0.15) is 0 Å². The number of nitrogens with one attached hydrogen (secondary N) is 2. The molecule has 0 bridgehead atoms. The van der Waals surface area contributed by atoms with Crippen molar-refractivity contribution in [1.82, 2.24) is 10.3 Å². The number of carbonyl (C=O) groups excluding carboxylic acids is 1. The summed E-state index contributed by atoms with van der Waals surface area (Å²) in [4.78, 5) is 17.0. The molecular formula is C21H25ClFN3O. The molecule has 1 amide bonds. The summed E-state index contributed by atoms with van der Waals surface area (Å²) in [7, 11) is 0. The standard InChI is InChI=1S/C21H25ClFN3O/c1-12-10-20(24-14(3)13(12)2)25-16-5-7-17(8-6-16)26-21(27)15-4-9-19(23)18(22)11-15/h4,9-11,16-17H,5-8H2,1-3H3,(H,24,25)(H,26,27)/t16-,17+. The van der Waals surface area contributed by atoms with Gasteiger partial charge in [0.15, 0.2) is 0 Å². The zero-order valence-corrected chi connectivity index (χ0v) is 16.7. The fourth-order valence-corrected chi connectivity index (χ4v) is 3.65. The zero-order valence-electron chi connectivity index (χ0n) is 15.9. The SMILES string of the molecule is Cc1cc(N[C@H]2CC[C@@H](NC(=O)c3ccc(F)c(Cl)c3)CC2)nc(C)c1C. The van der Waals surface area contributed by atoms with Gasteiger partial charge in [-0.1, -0.05) is 11.6 Å². The summed E-state index contributed by atoms with van der Waals surface area (Å²) >= 11 is 5.76. The number of benzene rings is 1. The van der Waals surface area contributed by atoms with Crippen molar-refractivity contribution in [3.63, 3.8) is 0 Å². The van der Waals surface area contributed by atoms with Gasteiger partial charge in [-0.3, -0.25) is 4.79 Å². The van der Waals surface area contributed by atoms with Crippen LogP contribution in [0.25, 0.3) is 0 Å². The van der Waals surface area contributed by atoms with Crippen LogP contribution in [0, 0.1) is 26.6 Å². The maximum Gasteiger partial charge on any atom is 0.251 e. The van der Waals surface area contributed by atoms with Gasteiger partial charge in [-0.15, -0.1) is 0 Å². The molecule has 1 aromatic carbocycles. The highest BCUT2D eigenvalue weighted by molar-refractivity contribution is 6.31. The first-order valence-corrected chi connectivity index (χ1v) is 9.68. The van der Waals surface area contributed by atoms with Gasteiger partial charge >= 0.3 is 0 Å². The fourth-order valence-electron chi connectivity index (χ4n) is 3.47. The van der Waals surface area contributed by atoms with Crippen LogP contribution in [0.2, 0.25) is 5.02 Å². The number of aryl methyl sites for hydroxylation is 2. The van der Waals surface area contributed by atoms with Crippen LogP contribution in [-0.4, -0.2) is 23.0 Å². The average molecular weight is 390 g/mol. The summed E-state index contributed by atoms with van der Waals surface area (Å²) in [5, 5.41) is 6.52. The summed E-state index contributed by atoms with van der Waals surface area (Å²) in [6.07, 6.45) is 3.70. The maximum atomic E-state index is 13.2. The van der Waals surface area contributed by atoms with Crippen molar-refractivity contribution in [2.45, 2.75) is 58.5 Å². The largest absolute Gasteiger partial charge is 0.367 e. The maximum absolute atomic E-state index is 13.2. The van der Waals surface area contributed by atoms with Gasteiger partial charge in [-0.05, 0) is 81.8 Å². The van der Waals surface area contributed by atoms with E-state index >= 15 is 0 Å². The van der Waals surface area contributed by atoms with Crippen LogP contribution in [0.3, 0.4) is 0 Å². The Labute approximate surface area is 164 Å². The van der Waals surface area contributed by atoms with Gasteiger partial charge in [-0.25, -0.2) is 9.37 Å². The number of amides is 1. The van der Waals surface area contributed by atoms with Gasteiger partial charge in [0.25, 0.3) is 5.91 Å².